The molecule has 0 aliphatic carbocycles. The van der Waals surface area contributed by atoms with Crippen molar-refractivity contribution in [1.82, 2.24) is 0 Å². The zero-order valence-corrected chi connectivity index (χ0v) is 31.0. The van der Waals surface area contributed by atoms with E-state index in [0.29, 0.717) is 68.1 Å². The van der Waals surface area contributed by atoms with Crippen LogP contribution in [0.2, 0.25) is 0 Å². The normalized spacial score (nSPS) is 15.3. The maximum absolute atomic E-state index is 16.9. The van der Waals surface area contributed by atoms with Crippen molar-refractivity contribution in [2.45, 2.75) is 11.3 Å². The Hall–Kier alpha value is -6.94. The van der Waals surface area contributed by atoms with E-state index in [2.05, 4.69) is 0 Å². The smallest absolute Gasteiger partial charge is 0.229 e. The standard InChI is InChI=1S/C46H36F2N4O4/c1-53-33-17-9-13-29(25-33)41-42(30-14-10-18-34(26-30)54-2)50-45(49-41,37-21-5-7-23-39(37)47)46(38-22-6-8-24-40(38)48)51-43(31-15-11-19-35(27-31)55-3)44(52-46)32-16-12-20-36(28-32)56-4/h5-28H,1-4H3. The lowest BCUT2D eigenvalue weighted by atomic mass is 9.81. The molecule has 6 aromatic carbocycles. The van der Waals surface area contributed by atoms with Crippen LogP contribution in [0.3, 0.4) is 0 Å². The van der Waals surface area contributed by atoms with Crippen LogP contribution in [0.4, 0.5) is 8.78 Å². The lowest BCUT2D eigenvalue weighted by Gasteiger charge is -2.38. The summed E-state index contributed by atoms with van der Waals surface area (Å²) in [5, 5.41) is 0. The lowest BCUT2D eigenvalue weighted by molar-refractivity contribution is 0.242. The second-order valence-electron chi connectivity index (χ2n) is 13.1. The van der Waals surface area contributed by atoms with Gasteiger partial charge in [0, 0.05) is 33.4 Å². The third-order valence-corrected chi connectivity index (χ3v) is 9.90. The van der Waals surface area contributed by atoms with Crippen LogP contribution in [-0.2, 0) is 11.3 Å². The average Bonchev–Trinajstić information content (AvgIpc) is 3.87. The summed E-state index contributed by atoms with van der Waals surface area (Å²) < 4.78 is 56.2. The number of halogens is 2. The molecule has 56 heavy (non-hydrogen) atoms. The maximum Gasteiger partial charge on any atom is 0.229 e. The van der Waals surface area contributed by atoms with Gasteiger partial charge in [0.15, 0.2) is 0 Å². The van der Waals surface area contributed by atoms with Gasteiger partial charge >= 0.3 is 0 Å². The van der Waals surface area contributed by atoms with Gasteiger partial charge in [0.05, 0.1) is 51.3 Å². The Kier molecular flexibility index (Phi) is 9.47. The number of nitrogens with zero attached hydrogens (tertiary/aromatic N) is 4. The summed E-state index contributed by atoms with van der Waals surface area (Å²) in [6, 6.07) is 41.8. The summed E-state index contributed by atoms with van der Waals surface area (Å²) in [4.78, 5) is 21.8. The van der Waals surface area contributed by atoms with Crippen LogP contribution in [0.5, 0.6) is 23.0 Å². The Labute approximate surface area is 323 Å². The van der Waals surface area contributed by atoms with Gasteiger partial charge < -0.3 is 18.9 Å². The fourth-order valence-corrected chi connectivity index (χ4v) is 7.21. The molecule has 10 heteroatoms. The van der Waals surface area contributed by atoms with Gasteiger partial charge in [-0.05, 0) is 60.7 Å². The van der Waals surface area contributed by atoms with E-state index in [1.54, 1.807) is 64.8 Å². The molecule has 0 N–H and O–H groups in total. The number of hydrogen-bond donors (Lipinski definition) is 0. The second kappa shape index (κ2) is 14.7. The van der Waals surface area contributed by atoms with Crippen LogP contribution in [0.15, 0.2) is 166 Å². The highest BCUT2D eigenvalue weighted by atomic mass is 19.1. The minimum Gasteiger partial charge on any atom is -0.497 e. The Morgan fingerprint density at radius 2 is 0.625 bits per heavy atom. The highest BCUT2D eigenvalue weighted by Gasteiger charge is 2.62. The van der Waals surface area contributed by atoms with E-state index >= 15 is 8.78 Å². The number of ether oxygens (including phenoxy) is 4. The molecule has 6 aromatic rings. The van der Waals surface area contributed by atoms with E-state index in [-0.39, 0.29) is 11.1 Å². The monoisotopic (exact) mass is 746 g/mol. The van der Waals surface area contributed by atoms with Crippen molar-refractivity contribution in [1.29, 1.82) is 0 Å². The van der Waals surface area contributed by atoms with Crippen LogP contribution in [0.25, 0.3) is 0 Å². The highest BCUT2D eigenvalue weighted by molar-refractivity contribution is 6.56. The first kappa shape index (κ1) is 36.1. The Morgan fingerprint density at radius 3 is 0.875 bits per heavy atom. The molecule has 2 heterocycles. The number of aliphatic imine (C=N–C) groups is 4. The Balaban J connectivity index is 1.56. The lowest BCUT2D eigenvalue weighted by Crippen LogP contribution is -2.44. The SMILES string of the molecule is COc1cccc(C2=NC(c3ccccc3F)(C3(c4ccccc4F)N=C(c4cccc(OC)c4)C(c4cccc(OC)c4)=N3)N=C2c2cccc(OC)c2)c1. The molecule has 0 radical (unpaired) electrons. The van der Waals surface area contributed by atoms with Gasteiger partial charge in [-0.25, -0.2) is 28.8 Å². The third kappa shape index (κ3) is 6.09. The minimum atomic E-state index is -2.07. The number of benzene rings is 6. The summed E-state index contributed by atoms with van der Waals surface area (Å²) in [6.07, 6.45) is 0. The van der Waals surface area contributed by atoms with Crippen LogP contribution in [0, 0.1) is 11.6 Å². The first-order valence-corrected chi connectivity index (χ1v) is 17.8. The summed E-state index contributed by atoms with van der Waals surface area (Å²) in [7, 11) is 6.30. The second-order valence-corrected chi connectivity index (χ2v) is 13.1. The van der Waals surface area contributed by atoms with Crippen LogP contribution < -0.4 is 18.9 Å². The molecule has 0 aromatic heterocycles. The van der Waals surface area contributed by atoms with Crippen molar-refractivity contribution in [2.24, 2.45) is 20.0 Å². The molecule has 0 saturated heterocycles. The topological polar surface area (TPSA) is 86.4 Å². The molecule has 0 atom stereocenters. The van der Waals surface area contributed by atoms with E-state index in [1.165, 1.54) is 12.1 Å². The van der Waals surface area contributed by atoms with Gasteiger partial charge in [0.25, 0.3) is 0 Å². The van der Waals surface area contributed by atoms with Crippen molar-refractivity contribution in [3.63, 3.8) is 0 Å². The van der Waals surface area contributed by atoms with E-state index in [9.17, 15) is 0 Å². The van der Waals surface area contributed by atoms with Gasteiger partial charge in [0.1, 0.15) is 34.6 Å². The summed E-state index contributed by atoms with van der Waals surface area (Å²) in [5.74, 6) is 1.02. The molecule has 0 amide bonds. The number of rotatable bonds is 11. The van der Waals surface area contributed by atoms with E-state index in [4.69, 9.17) is 38.9 Å². The van der Waals surface area contributed by atoms with Crippen molar-refractivity contribution in [3.8, 4) is 23.0 Å². The van der Waals surface area contributed by atoms with Gasteiger partial charge in [0.2, 0.25) is 11.3 Å². The highest BCUT2D eigenvalue weighted by Crippen LogP contribution is 2.55. The molecule has 2 aliphatic rings. The number of methoxy groups -OCH3 is 4. The van der Waals surface area contributed by atoms with Gasteiger partial charge in [-0.3, -0.25) is 0 Å². The maximum atomic E-state index is 16.9. The summed E-state index contributed by atoms with van der Waals surface area (Å²) in [6.45, 7) is 0. The molecular formula is C46H36F2N4O4. The number of hydrogen-bond acceptors (Lipinski definition) is 8. The molecule has 0 saturated carbocycles. The van der Waals surface area contributed by atoms with E-state index < -0.39 is 23.0 Å². The minimum absolute atomic E-state index is 0.0333. The zero-order valence-electron chi connectivity index (χ0n) is 31.0. The zero-order chi connectivity index (χ0) is 38.9. The largest absolute Gasteiger partial charge is 0.497 e. The first-order chi connectivity index (χ1) is 27.3. The molecule has 0 bridgehead atoms. The van der Waals surface area contributed by atoms with Crippen LogP contribution in [-0.4, -0.2) is 51.3 Å². The molecule has 0 fully saturated rings. The molecule has 8 nitrogen and oxygen atoms in total. The van der Waals surface area contributed by atoms with Crippen molar-refractivity contribution in [3.05, 3.63) is 191 Å². The summed E-state index contributed by atoms with van der Waals surface area (Å²) >= 11 is 0. The van der Waals surface area contributed by atoms with Crippen molar-refractivity contribution in [2.75, 3.05) is 28.4 Å². The predicted molar refractivity (Wildman–Crippen MR) is 214 cm³/mol. The third-order valence-electron chi connectivity index (χ3n) is 9.90. The first-order valence-electron chi connectivity index (χ1n) is 17.8. The van der Waals surface area contributed by atoms with Crippen LogP contribution in [0.1, 0.15) is 33.4 Å². The fourth-order valence-electron chi connectivity index (χ4n) is 7.21. The fraction of sp³-hybridized carbons (Fsp3) is 0.130. The summed E-state index contributed by atoms with van der Waals surface area (Å²) in [5.41, 5.74) is -0.0160. The molecule has 8 rings (SSSR count). The van der Waals surface area contributed by atoms with Crippen molar-refractivity contribution >= 4 is 22.8 Å². The van der Waals surface area contributed by atoms with Gasteiger partial charge in [-0.15, -0.1) is 0 Å². The molecule has 2 aliphatic heterocycles. The quantitative estimate of drug-likeness (QED) is 0.133. The van der Waals surface area contributed by atoms with E-state index in [1.807, 2.05) is 97.1 Å². The Morgan fingerprint density at radius 1 is 0.357 bits per heavy atom. The van der Waals surface area contributed by atoms with Crippen LogP contribution >= 0.6 is 0 Å². The Bertz CT molecular complexity index is 2290. The molecule has 0 unspecified atom stereocenters. The molecule has 0 spiro atoms. The van der Waals surface area contributed by atoms with E-state index in [0.717, 1.165) is 0 Å². The van der Waals surface area contributed by atoms with Gasteiger partial charge in [-0.2, -0.15) is 0 Å². The average molecular weight is 747 g/mol. The molecular weight excluding hydrogens is 711 g/mol. The predicted octanol–water partition coefficient (Wildman–Crippen LogP) is 8.99. The van der Waals surface area contributed by atoms with Gasteiger partial charge in [-0.1, -0.05) is 84.9 Å². The van der Waals surface area contributed by atoms with Crippen molar-refractivity contribution < 1.29 is 27.7 Å². The molecule has 278 valence electrons.